The fourth-order valence-corrected chi connectivity index (χ4v) is 2.53. The van der Waals surface area contributed by atoms with Gasteiger partial charge < -0.3 is 15.2 Å². The number of amides is 1. The van der Waals surface area contributed by atoms with Crippen molar-refractivity contribution in [1.82, 2.24) is 20.6 Å². The van der Waals surface area contributed by atoms with Crippen LogP contribution in [0.15, 0.2) is 33.9 Å². The summed E-state index contributed by atoms with van der Waals surface area (Å²) in [5.74, 6) is 5.57. The number of H-pyrrole nitrogens is 1. The second-order valence-corrected chi connectivity index (χ2v) is 5.22. The number of anilines is 1. The molecule has 3 rings (SSSR count). The van der Waals surface area contributed by atoms with Crippen molar-refractivity contribution in [2.24, 2.45) is 5.84 Å². The van der Waals surface area contributed by atoms with Crippen LogP contribution in [0.4, 0.5) is 5.69 Å². The number of nitrogens with two attached hydrogens (primary N) is 2. The average molecular weight is 304 g/mol. The van der Waals surface area contributed by atoms with E-state index in [2.05, 4.69) is 15.1 Å². The van der Waals surface area contributed by atoms with Crippen LogP contribution in [0, 0.1) is 0 Å². The van der Waals surface area contributed by atoms with Gasteiger partial charge in [0, 0.05) is 11.8 Å². The van der Waals surface area contributed by atoms with Gasteiger partial charge in [-0.3, -0.25) is 10.2 Å². The SMILES string of the molecule is NNC(=O)c1cc(CSc2nc3ccc(N)cc3[nH]2)on1. The molecular formula is C12H12N6O2S. The number of hydrogen-bond acceptors (Lipinski definition) is 7. The van der Waals surface area contributed by atoms with E-state index in [4.69, 9.17) is 16.1 Å². The number of nitrogens with zero attached hydrogens (tertiary/aromatic N) is 2. The molecule has 8 nitrogen and oxygen atoms in total. The molecule has 21 heavy (non-hydrogen) atoms. The molecule has 2 heterocycles. The number of hydrogen-bond donors (Lipinski definition) is 4. The number of aromatic amines is 1. The molecule has 9 heteroatoms. The van der Waals surface area contributed by atoms with Crippen molar-refractivity contribution in [3.63, 3.8) is 0 Å². The van der Waals surface area contributed by atoms with E-state index < -0.39 is 5.91 Å². The third kappa shape index (κ3) is 2.83. The zero-order valence-corrected chi connectivity index (χ0v) is 11.6. The highest BCUT2D eigenvalue weighted by Crippen LogP contribution is 2.24. The second kappa shape index (κ2) is 5.46. The first-order valence-corrected chi connectivity index (χ1v) is 6.99. The van der Waals surface area contributed by atoms with Gasteiger partial charge in [-0.15, -0.1) is 0 Å². The second-order valence-electron chi connectivity index (χ2n) is 4.26. The fourth-order valence-electron chi connectivity index (χ4n) is 1.77. The predicted molar refractivity (Wildman–Crippen MR) is 78.2 cm³/mol. The Labute approximate surface area is 123 Å². The number of rotatable bonds is 4. The molecule has 0 fully saturated rings. The lowest BCUT2D eigenvalue weighted by atomic mass is 10.3. The smallest absolute Gasteiger partial charge is 0.287 e. The molecule has 0 bridgehead atoms. The summed E-state index contributed by atoms with van der Waals surface area (Å²) in [6.07, 6.45) is 0. The first-order valence-electron chi connectivity index (χ1n) is 6.00. The van der Waals surface area contributed by atoms with Crippen LogP contribution in [0.3, 0.4) is 0 Å². The van der Waals surface area contributed by atoms with Gasteiger partial charge in [0.25, 0.3) is 5.91 Å². The number of imidazole rings is 1. The number of aromatic nitrogens is 3. The van der Waals surface area contributed by atoms with Gasteiger partial charge in [-0.05, 0) is 18.2 Å². The normalized spacial score (nSPS) is 10.9. The summed E-state index contributed by atoms with van der Waals surface area (Å²) in [5, 5.41) is 4.36. The maximum atomic E-state index is 11.3. The van der Waals surface area contributed by atoms with Crippen molar-refractivity contribution >= 4 is 34.4 Å². The van der Waals surface area contributed by atoms with E-state index >= 15 is 0 Å². The number of thioether (sulfide) groups is 1. The van der Waals surface area contributed by atoms with Crippen LogP contribution in [-0.4, -0.2) is 21.0 Å². The summed E-state index contributed by atoms with van der Waals surface area (Å²) in [5.41, 5.74) is 10.2. The van der Waals surface area contributed by atoms with Crippen molar-refractivity contribution in [1.29, 1.82) is 0 Å². The monoisotopic (exact) mass is 304 g/mol. The first-order chi connectivity index (χ1) is 10.2. The third-order valence-corrected chi connectivity index (χ3v) is 3.65. The lowest BCUT2D eigenvalue weighted by molar-refractivity contribution is 0.0944. The van der Waals surface area contributed by atoms with E-state index in [1.807, 2.05) is 17.6 Å². The quantitative estimate of drug-likeness (QED) is 0.186. The summed E-state index contributed by atoms with van der Waals surface area (Å²) in [4.78, 5) is 18.8. The summed E-state index contributed by atoms with van der Waals surface area (Å²) >= 11 is 1.43. The van der Waals surface area contributed by atoms with Crippen molar-refractivity contribution in [3.05, 3.63) is 35.7 Å². The molecule has 0 saturated heterocycles. The van der Waals surface area contributed by atoms with Crippen LogP contribution in [0.25, 0.3) is 11.0 Å². The van der Waals surface area contributed by atoms with E-state index in [1.54, 1.807) is 6.07 Å². The van der Waals surface area contributed by atoms with Crippen LogP contribution in [-0.2, 0) is 5.75 Å². The van der Waals surface area contributed by atoms with E-state index in [0.29, 0.717) is 17.2 Å². The molecule has 0 radical (unpaired) electrons. The summed E-state index contributed by atoms with van der Waals surface area (Å²) in [7, 11) is 0. The van der Waals surface area contributed by atoms with Gasteiger partial charge >= 0.3 is 0 Å². The molecule has 0 atom stereocenters. The maximum Gasteiger partial charge on any atom is 0.287 e. The Morgan fingerprint density at radius 1 is 1.43 bits per heavy atom. The van der Waals surface area contributed by atoms with Crippen LogP contribution in [0.5, 0.6) is 0 Å². The van der Waals surface area contributed by atoms with Gasteiger partial charge in [-0.25, -0.2) is 10.8 Å². The Bertz CT molecular complexity index is 796. The summed E-state index contributed by atoms with van der Waals surface area (Å²) in [6.45, 7) is 0. The number of nitrogens with one attached hydrogen (secondary N) is 2. The lowest BCUT2D eigenvalue weighted by Gasteiger charge is -1.92. The van der Waals surface area contributed by atoms with Gasteiger partial charge in [0.15, 0.2) is 10.9 Å². The van der Waals surface area contributed by atoms with Gasteiger partial charge in [-0.2, -0.15) is 0 Å². The fraction of sp³-hybridized carbons (Fsp3) is 0.0833. The predicted octanol–water partition coefficient (Wildman–Crippen LogP) is 1.03. The summed E-state index contributed by atoms with van der Waals surface area (Å²) < 4.78 is 5.05. The highest BCUT2D eigenvalue weighted by molar-refractivity contribution is 7.98. The van der Waals surface area contributed by atoms with E-state index in [0.717, 1.165) is 16.2 Å². The Hall–Kier alpha value is -2.52. The number of carbonyl (C=O) groups is 1. The van der Waals surface area contributed by atoms with Crippen molar-refractivity contribution in [2.75, 3.05) is 5.73 Å². The highest BCUT2D eigenvalue weighted by atomic mass is 32.2. The molecule has 2 aromatic heterocycles. The molecule has 0 aliphatic rings. The zero-order chi connectivity index (χ0) is 14.8. The molecule has 1 aromatic carbocycles. The molecule has 0 unspecified atom stereocenters. The minimum Gasteiger partial charge on any atom is -0.399 e. The van der Waals surface area contributed by atoms with Crippen LogP contribution in [0.1, 0.15) is 16.2 Å². The summed E-state index contributed by atoms with van der Waals surface area (Å²) in [6, 6.07) is 7.01. The van der Waals surface area contributed by atoms with E-state index in [9.17, 15) is 4.79 Å². The van der Waals surface area contributed by atoms with Gasteiger partial charge in [-0.1, -0.05) is 16.9 Å². The largest absolute Gasteiger partial charge is 0.399 e. The molecule has 3 aromatic rings. The Morgan fingerprint density at radius 2 is 2.29 bits per heavy atom. The molecule has 0 aliphatic carbocycles. The average Bonchev–Trinajstić information content (AvgIpc) is 3.10. The van der Waals surface area contributed by atoms with Gasteiger partial charge in [0.05, 0.1) is 16.8 Å². The van der Waals surface area contributed by atoms with Crippen LogP contribution < -0.4 is 17.0 Å². The van der Waals surface area contributed by atoms with Crippen molar-refractivity contribution < 1.29 is 9.32 Å². The molecular weight excluding hydrogens is 292 g/mol. The van der Waals surface area contributed by atoms with Crippen molar-refractivity contribution in [3.8, 4) is 0 Å². The molecule has 108 valence electrons. The minimum absolute atomic E-state index is 0.144. The molecule has 0 saturated carbocycles. The molecule has 6 N–H and O–H groups in total. The topological polar surface area (TPSA) is 136 Å². The Balaban J connectivity index is 1.71. The van der Waals surface area contributed by atoms with Crippen LogP contribution >= 0.6 is 11.8 Å². The minimum atomic E-state index is -0.491. The molecule has 0 spiro atoms. The van der Waals surface area contributed by atoms with Gasteiger partial charge in [0.1, 0.15) is 5.76 Å². The Kier molecular flexibility index (Phi) is 3.50. The number of benzene rings is 1. The van der Waals surface area contributed by atoms with Gasteiger partial charge in [0.2, 0.25) is 0 Å². The number of nitrogen functional groups attached to an aromatic ring is 2. The van der Waals surface area contributed by atoms with Crippen molar-refractivity contribution in [2.45, 2.75) is 10.9 Å². The molecule has 1 amide bonds. The lowest BCUT2D eigenvalue weighted by Crippen LogP contribution is -2.30. The van der Waals surface area contributed by atoms with Crippen LogP contribution in [0.2, 0.25) is 0 Å². The number of carbonyl (C=O) groups excluding carboxylic acids is 1. The number of fused-ring (bicyclic) bond motifs is 1. The standard InChI is InChI=1S/C12H12N6O2S/c13-6-1-2-8-9(3-6)16-12(15-8)21-5-7-4-10(18-20-7)11(19)17-14/h1-4H,5,13-14H2,(H,15,16)(H,17,19). The highest BCUT2D eigenvalue weighted by Gasteiger charge is 2.12. The maximum absolute atomic E-state index is 11.3. The third-order valence-electron chi connectivity index (χ3n) is 2.76. The zero-order valence-electron chi connectivity index (χ0n) is 10.8. The van der Waals surface area contributed by atoms with E-state index in [-0.39, 0.29) is 5.69 Å². The van der Waals surface area contributed by atoms with E-state index in [1.165, 1.54) is 17.8 Å². The Morgan fingerprint density at radius 3 is 3.10 bits per heavy atom. The molecule has 0 aliphatic heterocycles. The number of hydrazine groups is 1. The first kappa shape index (κ1) is 13.5.